The van der Waals surface area contributed by atoms with Gasteiger partial charge >= 0.3 is 5.97 Å². The standard InChI is InChI=1S/C14H18ClNO4S/c1-9-3-4-10(15)12(7-9)20-8-13(17)16-11(14(18)19)5-6-21-2/h3-4,7,11H,5-6,8H2,1-2H3,(H,16,17)(H,18,19). The summed E-state index contributed by atoms with van der Waals surface area (Å²) in [5, 5.41) is 11.9. The van der Waals surface area contributed by atoms with E-state index in [1.54, 1.807) is 12.1 Å². The number of aliphatic carboxylic acids is 1. The Hall–Kier alpha value is -1.40. The number of hydrogen-bond donors (Lipinski definition) is 2. The minimum atomic E-state index is -1.05. The fraction of sp³-hybridized carbons (Fsp3) is 0.429. The van der Waals surface area contributed by atoms with Gasteiger partial charge in [-0.15, -0.1) is 0 Å². The third kappa shape index (κ3) is 6.27. The molecule has 21 heavy (non-hydrogen) atoms. The van der Waals surface area contributed by atoms with E-state index in [1.807, 2.05) is 19.2 Å². The van der Waals surface area contributed by atoms with Crippen LogP contribution in [0.4, 0.5) is 0 Å². The first kappa shape index (κ1) is 17.7. The normalized spacial score (nSPS) is 11.8. The molecule has 0 fully saturated rings. The van der Waals surface area contributed by atoms with Crippen LogP contribution in [0.5, 0.6) is 5.75 Å². The molecule has 7 heteroatoms. The van der Waals surface area contributed by atoms with Crippen molar-refractivity contribution in [3.05, 3.63) is 28.8 Å². The maximum absolute atomic E-state index is 11.7. The monoisotopic (exact) mass is 331 g/mol. The molecule has 1 aromatic carbocycles. The summed E-state index contributed by atoms with van der Waals surface area (Å²) in [6.45, 7) is 1.61. The van der Waals surface area contributed by atoms with Crippen LogP contribution in [0.3, 0.4) is 0 Å². The Morgan fingerprint density at radius 3 is 2.81 bits per heavy atom. The zero-order valence-corrected chi connectivity index (χ0v) is 13.5. The van der Waals surface area contributed by atoms with Crippen molar-refractivity contribution in [2.75, 3.05) is 18.6 Å². The van der Waals surface area contributed by atoms with Crippen LogP contribution >= 0.6 is 23.4 Å². The van der Waals surface area contributed by atoms with Gasteiger partial charge in [0.2, 0.25) is 0 Å². The second-order valence-corrected chi connectivity index (χ2v) is 5.86. The largest absolute Gasteiger partial charge is 0.482 e. The van der Waals surface area contributed by atoms with Gasteiger partial charge in [0.05, 0.1) is 5.02 Å². The minimum absolute atomic E-state index is 0.272. The van der Waals surface area contributed by atoms with Gasteiger partial charge in [-0.05, 0) is 43.0 Å². The van der Waals surface area contributed by atoms with E-state index in [-0.39, 0.29) is 6.61 Å². The topological polar surface area (TPSA) is 75.6 Å². The van der Waals surface area contributed by atoms with Crippen molar-refractivity contribution in [1.82, 2.24) is 5.32 Å². The lowest BCUT2D eigenvalue weighted by atomic mass is 10.2. The second-order valence-electron chi connectivity index (χ2n) is 4.46. The molecule has 1 rings (SSSR count). The minimum Gasteiger partial charge on any atom is -0.482 e. The highest BCUT2D eigenvalue weighted by atomic mass is 35.5. The first-order valence-electron chi connectivity index (χ1n) is 6.34. The van der Waals surface area contributed by atoms with Gasteiger partial charge in [-0.3, -0.25) is 4.79 Å². The number of carbonyl (C=O) groups excluding carboxylic acids is 1. The zero-order valence-electron chi connectivity index (χ0n) is 11.9. The molecule has 2 N–H and O–H groups in total. The number of carboxylic acid groups (broad SMARTS) is 1. The van der Waals surface area contributed by atoms with Crippen molar-refractivity contribution >= 4 is 35.2 Å². The highest BCUT2D eigenvalue weighted by Crippen LogP contribution is 2.25. The Kier molecular flexibility index (Phi) is 7.39. The molecule has 0 aromatic heterocycles. The van der Waals surface area contributed by atoms with Gasteiger partial charge in [0.15, 0.2) is 6.61 Å². The van der Waals surface area contributed by atoms with E-state index in [1.165, 1.54) is 11.8 Å². The summed E-state index contributed by atoms with van der Waals surface area (Å²) < 4.78 is 5.32. The third-order valence-corrected chi connectivity index (χ3v) is 3.65. The third-order valence-electron chi connectivity index (χ3n) is 2.69. The number of nitrogens with one attached hydrogen (secondary N) is 1. The van der Waals surface area contributed by atoms with Crippen LogP contribution in [0.1, 0.15) is 12.0 Å². The van der Waals surface area contributed by atoms with Crippen LogP contribution < -0.4 is 10.1 Å². The molecular weight excluding hydrogens is 314 g/mol. The van der Waals surface area contributed by atoms with Crippen LogP contribution in [0, 0.1) is 6.92 Å². The number of carbonyl (C=O) groups is 2. The highest BCUT2D eigenvalue weighted by Gasteiger charge is 2.19. The number of benzene rings is 1. The predicted octanol–water partition coefficient (Wildman–Crippen LogP) is 2.35. The number of ether oxygens (including phenoxy) is 1. The number of carboxylic acids is 1. The van der Waals surface area contributed by atoms with Crippen molar-refractivity contribution in [2.45, 2.75) is 19.4 Å². The van der Waals surface area contributed by atoms with Gasteiger partial charge in [-0.2, -0.15) is 11.8 Å². The molecule has 0 aliphatic rings. The van der Waals surface area contributed by atoms with Gasteiger partial charge in [0.1, 0.15) is 11.8 Å². The van der Waals surface area contributed by atoms with Crippen LogP contribution in [-0.4, -0.2) is 41.6 Å². The average molecular weight is 332 g/mol. The Morgan fingerprint density at radius 1 is 1.48 bits per heavy atom. The number of aryl methyl sites for hydroxylation is 1. The molecule has 116 valence electrons. The van der Waals surface area contributed by atoms with E-state index in [4.69, 9.17) is 21.4 Å². The summed E-state index contributed by atoms with van der Waals surface area (Å²) in [4.78, 5) is 22.8. The summed E-state index contributed by atoms with van der Waals surface area (Å²) in [5.41, 5.74) is 0.957. The van der Waals surface area contributed by atoms with Crippen molar-refractivity contribution in [2.24, 2.45) is 0 Å². The van der Waals surface area contributed by atoms with E-state index in [0.717, 1.165) is 5.56 Å². The molecule has 5 nitrogen and oxygen atoms in total. The van der Waals surface area contributed by atoms with Crippen LogP contribution in [0.2, 0.25) is 5.02 Å². The summed E-state index contributed by atoms with van der Waals surface area (Å²) in [5.74, 6) is -0.475. The lowest BCUT2D eigenvalue weighted by Crippen LogP contribution is -2.43. The van der Waals surface area contributed by atoms with E-state index in [0.29, 0.717) is 22.9 Å². The van der Waals surface area contributed by atoms with Crippen molar-refractivity contribution in [1.29, 1.82) is 0 Å². The summed E-state index contributed by atoms with van der Waals surface area (Å²) in [6.07, 6.45) is 2.25. The average Bonchev–Trinajstić information content (AvgIpc) is 2.44. The summed E-state index contributed by atoms with van der Waals surface area (Å²) in [6, 6.07) is 4.33. The first-order valence-corrected chi connectivity index (χ1v) is 8.11. The first-order chi connectivity index (χ1) is 9.93. The fourth-order valence-corrected chi connectivity index (χ4v) is 2.24. The molecule has 1 amide bonds. The molecule has 0 bridgehead atoms. The molecule has 0 aliphatic carbocycles. The van der Waals surface area contributed by atoms with E-state index < -0.39 is 17.9 Å². The fourth-order valence-electron chi connectivity index (χ4n) is 1.59. The summed E-state index contributed by atoms with van der Waals surface area (Å²) >= 11 is 7.48. The molecule has 1 aromatic rings. The van der Waals surface area contributed by atoms with Gasteiger partial charge in [-0.25, -0.2) is 4.79 Å². The highest BCUT2D eigenvalue weighted by molar-refractivity contribution is 7.98. The Balaban J connectivity index is 2.52. The molecule has 0 aliphatic heterocycles. The van der Waals surface area contributed by atoms with Crippen LogP contribution in [-0.2, 0) is 9.59 Å². The maximum atomic E-state index is 11.7. The van der Waals surface area contributed by atoms with Crippen LogP contribution in [0.15, 0.2) is 18.2 Å². The van der Waals surface area contributed by atoms with E-state index in [2.05, 4.69) is 5.32 Å². The zero-order chi connectivity index (χ0) is 15.8. The number of rotatable bonds is 8. The molecule has 1 atom stereocenters. The lowest BCUT2D eigenvalue weighted by molar-refractivity contribution is -0.142. The van der Waals surface area contributed by atoms with Gasteiger partial charge in [0, 0.05) is 0 Å². The maximum Gasteiger partial charge on any atom is 0.326 e. The molecule has 0 saturated heterocycles. The Bertz CT molecular complexity index is 510. The number of halogens is 1. The predicted molar refractivity (Wildman–Crippen MR) is 84.2 cm³/mol. The molecule has 0 heterocycles. The van der Waals surface area contributed by atoms with Gasteiger partial charge < -0.3 is 15.2 Å². The Morgan fingerprint density at radius 2 is 2.19 bits per heavy atom. The second kappa shape index (κ2) is 8.79. The number of hydrogen-bond acceptors (Lipinski definition) is 4. The molecular formula is C14H18ClNO4S. The van der Waals surface area contributed by atoms with Gasteiger partial charge in [-0.1, -0.05) is 17.7 Å². The quantitative estimate of drug-likeness (QED) is 0.764. The molecule has 1 unspecified atom stereocenters. The van der Waals surface area contributed by atoms with E-state index >= 15 is 0 Å². The molecule has 0 radical (unpaired) electrons. The number of amides is 1. The van der Waals surface area contributed by atoms with Gasteiger partial charge in [0.25, 0.3) is 5.91 Å². The summed E-state index contributed by atoms with van der Waals surface area (Å²) in [7, 11) is 0. The Labute approximate surface area is 133 Å². The van der Waals surface area contributed by atoms with Crippen LogP contribution in [0.25, 0.3) is 0 Å². The SMILES string of the molecule is CSCCC(NC(=O)COc1cc(C)ccc1Cl)C(=O)O. The van der Waals surface area contributed by atoms with E-state index in [9.17, 15) is 9.59 Å². The van der Waals surface area contributed by atoms with Crippen molar-refractivity contribution in [3.63, 3.8) is 0 Å². The number of thioether (sulfide) groups is 1. The van der Waals surface area contributed by atoms with Crippen molar-refractivity contribution < 1.29 is 19.4 Å². The van der Waals surface area contributed by atoms with Crippen molar-refractivity contribution in [3.8, 4) is 5.75 Å². The molecule has 0 saturated carbocycles. The lowest BCUT2D eigenvalue weighted by Gasteiger charge is -2.14. The molecule has 0 spiro atoms. The smallest absolute Gasteiger partial charge is 0.326 e.